The van der Waals surface area contributed by atoms with E-state index in [1.165, 1.54) is 55.2 Å². The molecule has 1 N–H and O–H groups in total. The number of benzene rings is 1. The van der Waals surface area contributed by atoms with Gasteiger partial charge in [-0.2, -0.15) is 0 Å². The van der Waals surface area contributed by atoms with E-state index in [1.807, 2.05) is 0 Å². The van der Waals surface area contributed by atoms with Crippen molar-refractivity contribution in [2.24, 2.45) is 0 Å². The fraction of sp³-hybridized carbons (Fsp3) is 0.579. The first kappa shape index (κ1) is 15.6. The molecule has 0 bridgehead atoms. The molecular formula is C19H28N2O. The summed E-state index contributed by atoms with van der Waals surface area (Å²) in [7, 11) is 0. The SMILES string of the molecule is CCCCOC1CCN(CCc2c[nH]c3ccccc23)CC1. The lowest BCUT2D eigenvalue weighted by atomic mass is 10.1. The molecule has 0 radical (unpaired) electrons. The van der Waals surface area contributed by atoms with Gasteiger partial charge in [0.2, 0.25) is 0 Å². The maximum Gasteiger partial charge on any atom is 0.0599 e. The van der Waals surface area contributed by atoms with Gasteiger partial charge in [0.1, 0.15) is 0 Å². The average Bonchev–Trinajstić information content (AvgIpc) is 2.98. The number of likely N-dealkylation sites (tertiary alicyclic amines) is 1. The Morgan fingerprint density at radius 1 is 1.23 bits per heavy atom. The van der Waals surface area contributed by atoms with Crippen molar-refractivity contribution < 1.29 is 4.74 Å². The van der Waals surface area contributed by atoms with Crippen molar-refractivity contribution in [2.45, 2.75) is 45.1 Å². The molecule has 2 heterocycles. The van der Waals surface area contributed by atoms with E-state index >= 15 is 0 Å². The third-order valence-electron chi connectivity index (χ3n) is 4.76. The van der Waals surface area contributed by atoms with E-state index in [-0.39, 0.29) is 0 Å². The lowest BCUT2D eigenvalue weighted by molar-refractivity contribution is 0.00665. The van der Waals surface area contributed by atoms with Crippen LogP contribution in [0.4, 0.5) is 0 Å². The highest BCUT2D eigenvalue weighted by atomic mass is 16.5. The maximum atomic E-state index is 5.95. The molecular weight excluding hydrogens is 272 g/mol. The zero-order valence-electron chi connectivity index (χ0n) is 13.7. The number of hydrogen-bond acceptors (Lipinski definition) is 2. The van der Waals surface area contributed by atoms with Gasteiger partial charge in [-0.1, -0.05) is 31.5 Å². The van der Waals surface area contributed by atoms with Crippen molar-refractivity contribution >= 4 is 10.9 Å². The van der Waals surface area contributed by atoms with Crippen LogP contribution in [0.5, 0.6) is 0 Å². The Bertz CT molecular complexity index is 570. The molecule has 1 fully saturated rings. The molecule has 0 spiro atoms. The standard InChI is InChI=1S/C19H28N2O/c1-2-3-14-22-17-9-12-21(13-10-17)11-8-16-15-20-19-7-5-4-6-18(16)19/h4-7,15,17,20H,2-3,8-14H2,1H3. The average molecular weight is 300 g/mol. The Labute approximate surface area is 133 Å². The van der Waals surface area contributed by atoms with Crippen LogP contribution in [0.2, 0.25) is 0 Å². The molecule has 120 valence electrons. The van der Waals surface area contributed by atoms with Crippen LogP contribution in [0.1, 0.15) is 38.2 Å². The molecule has 1 aliphatic rings. The molecule has 22 heavy (non-hydrogen) atoms. The van der Waals surface area contributed by atoms with Crippen LogP contribution in [0.25, 0.3) is 10.9 Å². The summed E-state index contributed by atoms with van der Waals surface area (Å²) in [6.07, 6.45) is 8.60. The topological polar surface area (TPSA) is 28.3 Å². The number of aromatic nitrogens is 1. The first-order valence-electron chi connectivity index (χ1n) is 8.75. The van der Waals surface area contributed by atoms with E-state index in [0.29, 0.717) is 6.10 Å². The number of piperidine rings is 1. The fourth-order valence-corrected chi connectivity index (χ4v) is 3.31. The number of fused-ring (bicyclic) bond motifs is 1. The number of hydrogen-bond donors (Lipinski definition) is 1. The van der Waals surface area contributed by atoms with Crippen LogP contribution in [0, 0.1) is 0 Å². The van der Waals surface area contributed by atoms with Crippen LogP contribution in [0.3, 0.4) is 0 Å². The molecule has 1 aromatic carbocycles. The summed E-state index contributed by atoms with van der Waals surface area (Å²) in [5.74, 6) is 0. The van der Waals surface area contributed by atoms with Gasteiger partial charge < -0.3 is 14.6 Å². The molecule has 3 heteroatoms. The number of rotatable bonds is 7. The number of nitrogens with zero attached hydrogens (tertiary/aromatic N) is 1. The van der Waals surface area contributed by atoms with Gasteiger partial charge >= 0.3 is 0 Å². The molecule has 0 unspecified atom stereocenters. The van der Waals surface area contributed by atoms with Crippen LogP contribution in [-0.4, -0.2) is 42.2 Å². The number of nitrogens with one attached hydrogen (secondary N) is 1. The highest BCUT2D eigenvalue weighted by molar-refractivity contribution is 5.83. The Balaban J connectivity index is 1.43. The lowest BCUT2D eigenvalue weighted by Crippen LogP contribution is -2.38. The summed E-state index contributed by atoms with van der Waals surface area (Å²) in [6.45, 7) is 6.68. The van der Waals surface area contributed by atoms with Gasteiger partial charge in [0.15, 0.2) is 0 Å². The number of para-hydroxylation sites is 1. The molecule has 0 amide bonds. The molecule has 3 rings (SSSR count). The first-order chi connectivity index (χ1) is 10.9. The maximum absolute atomic E-state index is 5.95. The zero-order valence-corrected chi connectivity index (χ0v) is 13.7. The second-order valence-corrected chi connectivity index (χ2v) is 6.37. The summed E-state index contributed by atoms with van der Waals surface area (Å²) in [6, 6.07) is 8.58. The molecule has 1 aromatic heterocycles. The largest absolute Gasteiger partial charge is 0.378 e. The van der Waals surface area contributed by atoms with E-state index in [9.17, 15) is 0 Å². The quantitative estimate of drug-likeness (QED) is 0.783. The third kappa shape index (κ3) is 3.90. The van der Waals surface area contributed by atoms with Crippen molar-refractivity contribution in [3.8, 4) is 0 Å². The number of aromatic amines is 1. The molecule has 1 aliphatic heterocycles. The smallest absolute Gasteiger partial charge is 0.0599 e. The summed E-state index contributed by atoms with van der Waals surface area (Å²) < 4.78 is 5.95. The number of unbranched alkanes of at least 4 members (excludes halogenated alkanes) is 1. The summed E-state index contributed by atoms with van der Waals surface area (Å²) >= 11 is 0. The normalized spacial score (nSPS) is 17.3. The summed E-state index contributed by atoms with van der Waals surface area (Å²) in [5, 5.41) is 1.38. The molecule has 1 saturated heterocycles. The van der Waals surface area contributed by atoms with Gasteiger partial charge in [-0.25, -0.2) is 0 Å². The van der Waals surface area contributed by atoms with E-state index in [2.05, 4.69) is 47.3 Å². The van der Waals surface area contributed by atoms with Crippen molar-refractivity contribution in [1.29, 1.82) is 0 Å². The van der Waals surface area contributed by atoms with Crippen LogP contribution in [0.15, 0.2) is 30.5 Å². The van der Waals surface area contributed by atoms with E-state index in [1.54, 1.807) is 0 Å². The van der Waals surface area contributed by atoms with Gasteiger partial charge in [0.05, 0.1) is 6.10 Å². The highest BCUT2D eigenvalue weighted by Gasteiger charge is 2.19. The van der Waals surface area contributed by atoms with Gasteiger partial charge in [0, 0.05) is 43.3 Å². The number of H-pyrrole nitrogens is 1. The minimum absolute atomic E-state index is 0.496. The minimum Gasteiger partial charge on any atom is -0.378 e. The fourth-order valence-electron chi connectivity index (χ4n) is 3.31. The summed E-state index contributed by atoms with van der Waals surface area (Å²) in [5.41, 5.74) is 2.69. The Kier molecular flexibility index (Phi) is 5.52. The Morgan fingerprint density at radius 2 is 2.05 bits per heavy atom. The lowest BCUT2D eigenvalue weighted by Gasteiger charge is -2.31. The molecule has 0 saturated carbocycles. The minimum atomic E-state index is 0.496. The van der Waals surface area contributed by atoms with Crippen molar-refractivity contribution in [2.75, 3.05) is 26.2 Å². The second-order valence-electron chi connectivity index (χ2n) is 6.37. The van der Waals surface area contributed by atoms with Crippen molar-refractivity contribution in [3.05, 3.63) is 36.0 Å². The van der Waals surface area contributed by atoms with Crippen molar-refractivity contribution in [1.82, 2.24) is 9.88 Å². The van der Waals surface area contributed by atoms with Crippen molar-refractivity contribution in [3.63, 3.8) is 0 Å². The van der Waals surface area contributed by atoms with Gasteiger partial charge in [-0.05, 0) is 37.3 Å². The Hall–Kier alpha value is -1.32. The Morgan fingerprint density at radius 3 is 2.86 bits per heavy atom. The summed E-state index contributed by atoms with van der Waals surface area (Å²) in [4.78, 5) is 5.96. The first-order valence-corrected chi connectivity index (χ1v) is 8.75. The van der Waals surface area contributed by atoms with E-state index < -0.39 is 0 Å². The zero-order chi connectivity index (χ0) is 15.2. The molecule has 0 aliphatic carbocycles. The highest BCUT2D eigenvalue weighted by Crippen LogP contribution is 2.20. The number of ether oxygens (including phenoxy) is 1. The van der Waals surface area contributed by atoms with Gasteiger partial charge in [-0.3, -0.25) is 0 Å². The molecule has 0 atom stereocenters. The van der Waals surface area contributed by atoms with Crippen LogP contribution in [-0.2, 0) is 11.2 Å². The van der Waals surface area contributed by atoms with Crippen LogP contribution < -0.4 is 0 Å². The monoisotopic (exact) mass is 300 g/mol. The molecule has 2 aromatic rings. The second kappa shape index (κ2) is 7.80. The third-order valence-corrected chi connectivity index (χ3v) is 4.76. The predicted molar refractivity (Wildman–Crippen MR) is 92.3 cm³/mol. The van der Waals surface area contributed by atoms with Gasteiger partial charge in [0.25, 0.3) is 0 Å². The predicted octanol–water partition coefficient (Wildman–Crippen LogP) is 3.99. The van der Waals surface area contributed by atoms with Crippen LogP contribution >= 0.6 is 0 Å². The molecule has 3 nitrogen and oxygen atoms in total. The van der Waals surface area contributed by atoms with E-state index in [0.717, 1.165) is 19.6 Å². The van der Waals surface area contributed by atoms with Gasteiger partial charge in [-0.15, -0.1) is 0 Å². The van der Waals surface area contributed by atoms with E-state index in [4.69, 9.17) is 4.74 Å².